The number of dihydropyridines is 1. The molecule has 0 saturated carbocycles. The lowest BCUT2D eigenvalue weighted by atomic mass is 9.99. The highest BCUT2D eigenvalue weighted by molar-refractivity contribution is 5.77. The molecule has 66 valence electrons. The second-order valence-corrected chi connectivity index (χ2v) is 3.27. The molecule has 0 bridgehead atoms. The number of rotatable bonds is 1. The van der Waals surface area contributed by atoms with E-state index in [1.54, 1.807) is 0 Å². The fourth-order valence-corrected chi connectivity index (χ4v) is 1.55. The highest BCUT2D eigenvalue weighted by Crippen LogP contribution is 2.21. The SMILES string of the molecule is CC1=C(c2ccccc2)C=CNC1. The lowest BCUT2D eigenvalue weighted by Crippen LogP contribution is -2.13. The van der Waals surface area contributed by atoms with Gasteiger partial charge in [0.1, 0.15) is 0 Å². The lowest BCUT2D eigenvalue weighted by molar-refractivity contribution is 0.925. The van der Waals surface area contributed by atoms with Crippen molar-refractivity contribution in [3.8, 4) is 0 Å². The predicted octanol–water partition coefficient (Wildman–Crippen LogP) is 2.58. The van der Waals surface area contributed by atoms with Gasteiger partial charge in [0.2, 0.25) is 0 Å². The molecule has 1 aliphatic heterocycles. The molecule has 0 saturated heterocycles. The molecule has 0 unspecified atom stereocenters. The van der Waals surface area contributed by atoms with Crippen molar-refractivity contribution < 1.29 is 0 Å². The molecule has 1 nitrogen and oxygen atoms in total. The van der Waals surface area contributed by atoms with Crippen molar-refractivity contribution >= 4 is 5.57 Å². The maximum absolute atomic E-state index is 3.20. The summed E-state index contributed by atoms with van der Waals surface area (Å²) in [5, 5.41) is 3.20. The largest absolute Gasteiger partial charge is 0.387 e. The van der Waals surface area contributed by atoms with Crippen LogP contribution >= 0.6 is 0 Å². The zero-order valence-electron chi connectivity index (χ0n) is 7.75. The summed E-state index contributed by atoms with van der Waals surface area (Å²) in [7, 11) is 0. The highest BCUT2D eigenvalue weighted by atomic mass is 14.8. The van der Waals surface area contributed by atoms with Gasteiger partial charge >= 0.3 is 0 Å². The Labute approximate surface area is 78.8 Å². The van der Waals surface area contributed by atoms with Gasteiger partial charge < -0.3 is 5.32 Å². The van der Waals surface area contributed by atoms with Crippen LogP contribution in [0.15, 0.2) is 48.2 Å². The molecule has 1 N–H and O–H groups in total. The third kappa shape index (κ3) is 1.64. The predicted molar refractivity (Wildman–Crippen MR) is 56.2 cm³/mol. The molecule has 0 aromatic heterocycles. The van der Waals surface area contributed by atoms with E-state index < -0.39 is 0 Å². The molecule has 0 amide bonds. The fraction of sp³-hybridized carbons (Fsp3) is 0.167. The summed E-state index contributed by atoms with van der Waals surface area (Å²) in [5.41, 5.74) is 4.05. The normalized spacial score (nSPS) is 15.8. The van der Waals surface area contributed by atoms with E-state index in [1.165, 1.54) is 16.7 Å². The van der Waals surface area contributed by atoms with E-state index in [-0.39, 0.29) is 0 Å². The van der Waals surface area contributed by atoms with Gasteiger partial charge in [-0.25, -0.2) is 0 Å². The molecule has 1 heterocycles. The Bertz CT molecular complexity index is 347. The van der Waals surface area contributed by atoms with E-state index in [0.29, 0.717) is 0 Å². The van der Waals surface area contributed by atoms with Crippen molar-refractivity contribution in [1.29, 1.82) is 0 Å². The number of hydrogen-bond donors (Lipinski definition) is 1. The summed E-state index contributed by atoms with van der Waals surface area (Å²) < 4.78 is 0. The van der Waals surface area contributed by atoms with Gasteiger partial charge in [-0.1, -0.05) is 30.3 Å². The van der Waals surface area contributed by atoms with Crippen LogP contribution in [0.2, 0.25) is 0 Å². The van der Waals surface area contributed by atoms with Gasteiger partial charge in [-0.05, 0) is 35.9 Å². The van der Waals surface area contributed by atoms with Gasteiger partial charge in [0.05, 0.1) is 0 Å². The third-order valence-corrected chi connectivity index (χ3v) is 2.28. The van der Waals surface area contributed by atoms with Crippen LogP contribution in [0.25, 0.3) is 5.57 Å². The van der Waals surface area contributed by atoms with E-state index in [0.717, 1.165) is 6.54 Å². The minimum Gasteiger partial charge on any atom is -0.387 e. The second-order valence-electron chi connectivity index (χ2n) is 3.27. The van der Waals surface area contributed by atoms with Crippen LogP contribution in [-0.2, 0) is 0 Å². The average Bonchev–Trinajstić information content (AvgIpc) is 2.20. The zero-order valence-corrected chi connectivity index (χ0v) is 7.75. The molecule has 1 aromatic carbocycles. The second kappa shape index (κ2) is 3.48. The monoisotopic (exact) mass is 171 g/mol. The first-order chi connectivity index (χ1) is 6.38. The van der Waals surface area contributed by atoms with Crippen molar-refractivity contribution in [2.45, 2.75) is 6.92 Å². The molecule has 0 aliphatic carbocycles. The average molecular weight is 171 g/mol. The fourth-order valence-electron chi connectivity index (χ4n) is 1.55. The standard InChI is InChI=1S/C12H13N/c1-10-9-13-8-7-12(10)11-5-3-2-4-6-11/h2-8,13H,9H2,1H3. The summed E-state index contributed by atoms with van der Waals surface area (Å²) in [6.45, 7) is 3.12. The minimum atomic E-state index is 0.959. The van der Waals surface area contributed by atoms with Gasteiger partial charge in [0, 0.05) is 6.54 Å². The maximum Gasteiger partial charge on any atom is 0.0361 e. The number of nitrogens with one attached hydrogen (secondary N) is 1. The van der Waals surface area contributed by atoms with Crippen LogP contribution in [0.3, 0.4) is 0 Å². The molecular formula is C12H13N. The van der Waals surface area contributed by atoms with Crippen LogP contribution in [0, 0.1) is 0 Å². The Hall–Kier alpha value is -1.50. The first-order valence-electron chi connectivity index (χ1n) is 4.53. The molecule has 0 spiro atoms. The molecule has 1 aromatic rings. The van der Waals surface area contributed by atoms with Gasteiger partial charge in [0.25, 0.3) is 0 Å². The van der Waals surface area contributed by atoms with Crippen molar-refractivity contribution in [3.63, 3.8) is 0 Å². The summed E-state index contributed by atoms with van der Waals surface area (Å²) in [6.07, 6.45) is 4.14. The summed E-state index contributed by atoms with van der Waals surface area (Å²) in [6, 6.07) is 10.5. The van der Waals surface area contributed by atoms with E-state index >= 15 is 0 Å². The van der Waals surface area contributed by atoms with Gasteiger partial charge in [0.15, 0.2) is 0 Å². The first kappa shape index (κ1) is 8.11. The summed E-state index contributed by atoms with van der Waals surface area (Å²) in [4.78, 5) is 0. The van der Waals surface area contributed by atoms with Crippen LogP contribution in [0.5, 0.6) is 0 Å². The number of allylic oxidation sites excluding steroid dienone is 2. The summed E-state index contributed by atoms with van der Waals surface area (Å²) >= 11 is 0. The third-order valence-electron chi connectivity index (χ3n) is 2.28. The minimum absolute atomic E-state index is 0.959. The molecule has 13 heavy (non-hydrogen) atoms. The Morgan fingerprint density at radius 3 is 2.62 bits per heavy atom. The Kier molecular flexibility index (Phi) is 2.17. The maximum atomic E-state index is 3.20. The van der Waals surface area contributed by atoms with E-state index in [1.807, 2.05) is 12.3 Å². The zero-order chi connectivity index (χ0) is 9.10. The smallest absolute Gasteiger partial charge is 0.0361 e. The molecule has 2 rings (SSSR count). The first-order valence-corrected chi connectivity index (χ1v) is 4.53. The topological polar surface area (TPSA) is 12.0 Å². The molecule has 0 atom stereocenters. The molecule has 1 aliphatic rings. The van der Waals surface area contributed by atoms with Crippen LogP contribution in [-0.4, -0.2) is 6.54 Å². The highest BCUT2D eigenvalue weighted by Gasteiger charge is 2.04. The molecule has 0 fully saturated rings. The molecular weight excluding hydrogens is 158 g/mol. The van der Waals surface area contributed by atoms with E-state index in [4.69, 9.17) is 0 Å². The van der Waals surface area contributed by atoms with Gasteiger partial charge in [-0.2, -0.15) is 0 Å². The quantitative estimate of drug-likeness (QED) is 0.684. The van der Waals surface area contributed by atoms with Crippen molar-refractivity contribution in [2.75, 3.05) is 6.54 Å². The Morgan fingerprint density at radius 1 is 1.15 bits per heavy atom. The number of benzene rings is 1. The van der Waals surface area contributed by atoms with Gasteiger partial charge in [-0.3, -0.25) is 0 Å². The summed E-state index contributed by atoms with van der Waals surface area (Å²) in [5.74, 6) is 0. The van der Waals surface area contributed by atoms with Gasteiger partial charge in [-0.15, -0.1) is 0 Å². The Morgan fingerprint density at radius 2 is 1.92 bits per heavy atom. The Balaban J connectivity index is 2.41. The van der Waals surface area contributed by atoms with Crippen molar-refractivity contribution in [3.05, 3.63) is 53.7 Å². The van der Waals surface area contributed by atoms with Crippen LogP contribution in [0.1, 0.15) is 12.5 Å². The van der Waals surface area contributed by atoms with Crippen molar-refractivity contribution in [2.24, 2.45) is 0 Å². The van der Waals surface area contributed by atoms with Crippen LogP contribution in [0.4, 0.5) is 0 Å². The van der Waals surface area contributed by atoms with E-state index in [9.17, 15) is 0 Å². The number of hydrogen-bond acceptors (Lipinski definition) is 1. The van der Waals surface area contributed by atoms with E-state index in [2.05, 4.69) is 42.6 Å². The van der Waals surface area contributed by atoms with Crippen molar-refractivity contribution in [1.82, 2.24) is 5.32 Å². The lowest BCUT2D eigenvalue weighted by Gasteiger charge is -2.13. The molecule has 1 heteroatoms. The van der Waals surface area contributed by atoms with Crippen LogP contribution < -0.4 is 5.32 Å². The molecule has 0 radical (unpaired) electrons.